The van der Waals surface area contributed by atoms with E-state index in [-0.39, 0.29) is 6.04 Å². The van der Waals surface area contributed by atoms with Crippen LogP contribution in [-0.2, 0) is 16.4 Å². The summed E-state index contributed by atoms with van der Waals surface area (Å²) in [6.07, 6.45) is 3.00. The van der Waals surface area contributed by atoms with E-state index in [9.17, 15) is 8.42 Å². The van der Waals surface area contributed by atoms with Gasteiger partial charge in [-0.2, -0.15) is 0 Å². The summed E-state index contributed by atoms with van der Waals surface area (Å²) < 4.78 is 33.6. The second kappa shape index (κ2) is 6.77. The number of aryl methyl sites for hydroxylation is 2. The van der Waals surface area contributed by atoms with Gasteiger partial charge >= 0.3 is 0 Å². The Morgan fingerprint density at radius 1 is 1.33 bits per heavy atom. The fourth-order valence-electron chi connectivity index (χ4n) is 2.06. The van der Waals surface area contributed by atoms with Crippen LogP contribution >= 0.6 is 15.9 Å². The molecule has 0 aliphatic rings. The maximum Gasteiger partial charge on any atom is 0.241 e. The largest absolute Gasteiger partial charge is 0.469 e. The first kappa shape index (κ1) is 16.3. The summed E-state index contributed by atoms with van der Waals surface area (Å²) >= 11 is 3.31. The lowest BCUT2D eigenvalue weighted by Crippen LogP contribution is -2.33. The van der Waals surface area contributed by atoms with Crippen molar-refractivity contribution in [3.05, 3.63) is 52.4 Å². The van der Waals surface area contributed by atoms with E-state index in [0.717, 1.165) is 15.8 Å². The van der Waals surface area contributed by atoms with Crippen LogP contribution in [0.5, 0.6) is 0 Å². The zero-order valence-electron chi connectivity index (χ0n) is 12.0. The highest BCUT2D eigenvalue weighted by Crippen LogP contribution is 2.21. The lowest BCUT2D eigenvalue weighted by atomic mass is 10.2. The third-order valence-electron chi connectivity index (χ3n) is 3.20. The molecule has 0 spiro atoms. The predicted molar refractivity (Wildman–Crippen MR) is 85.7 cm³/mol. The number of benzene rings is 1. The lowest BCUT2D eigenvalue weighted by molar-refractivity contribution is 0.480. The fourth-order valence-corrected chi connectivity index (χ4v) is 4.13. The third-order valence-corrected chi connectivity index (χ3v) is 5.42. The van der Waals surface area contributed by atoms with Crippen LogP contribution in [0.25, 0.3) is 0 Å². The topological polar surface area (TPSA) is 59.3 Å². The Morgan fingerprint density at radius 3 is 2.76 bits per heavy atom. The average Bonchev–Trinajstić information content (AvgIpc) is 2.92. The van der Waals surface area contributed by atoms with Crippen LogP contribution in [0.2, 0.25) is 0 Å². The first-order valence-electron chi connectivity index (χ1n) is 6.69. The number of rotatable bonds is 6. The van der Waals surface area contributed by atoms with Gasteiger partial charge in [-0.15, -0.1) is 0 Å². The summed E-state index contributed by atoms with van der Waals surface area (Å²) in [4.78, 5) is 0.307. The molecule has 0 aliphatic carbocycles. The minimum absolute atomic E-state index is 0.168. The van der Waals surface area contributed by atoms with Crippen LogP contribution < -0.4 is 4.72 Å². The molecule has 21 heavy (non-hydrogen) atoms. The maximum absolute atomic E-state index is 12.4. The molecule has 0 unspecified atom stereocenters. The minimum atomic E-state index is -3.51. The van der Waals surface area contributed by atoms with Gasteiger partial charge in [-0.05, 0) is 50.1 Å². The first-order valence-corrected chi connectivity index (χ1v) is 8.97. The quantitative estimate of drug-likeness (QED) is 0.842. The molecule has 1 aromatic carbocycles. The van der Waals surface area contributed by atoms with Crippen molar-refractivity contribution in [3.8, 4) is 0 Å². The minimum Gasteiger partial charge on any atom is -0.469 e. The number of nitrogens with one attached hydrogen (secondary N) is 1. The summed E-state index contributed by atoms with van der Waals surface area (Å²) in [5, 5.41) is 0. The molecule has 0 fully saturated rings. The Hall–Kier alpha value is -1.11. The van der Waals surface area contributed by atoms with E-state index in [0.29, 0.717) is 17.7 Å². The Labute approximate surface area is 133 Å². The second-order valence-corrected chi connectivity index (χ2v) is 7.65. The maximum atomic E-state index is 12.4. The molecule has 6 heteroatoms. The number of halogens is 1. The molecule has 2 rings (SSSR count). The molecule has 1 N–H and O–H groups in total. The highest BCUT2D eigenvalue weighted by atomic mass is 79.9. The molecular formula is C15H18BrNO3S. The van der Waals surface area contributed by atoms with Crippen molar-refractivity contribution in [2.75, 3.05) is 0 Å². The number of hydrogen-bond donors (Lipinski definition) is 1. The van der Waals surface area contributed by atoms with Crippen LogP contribution in [0.4, 0.5) is 0 Å². The molecule has 1 atom stereocenters. The van der Waals surface area contributed by atoms with Crippen molar-refractivity contribution in [2.45, 2.75) is 37.6 Å². The van der Waals surface area contributed by atoms with Crippen molar-refractivity contribution >= 4 is 26.0 Å². The van der Waals surface area contributed by atoms with Gasteiger partial charge in [0.25, 0.3) is 0 Å². The second-order valence-electron chi connectivity index (χ2n) is 5.05. The number of furan rings is 1. The average molecular weight is 372 g/mol. The highest BCUT2D eigenvalue weighted by Gasteiger charge is 2.19. The molecule has 0 saturated heterocycles. The fraction of sp³-hybridized carbons (Fsp3) is 0.333. The standard InChI is InChI=1S/C15H18BrNO3S/c1-11-5-7-13(16)10-15(11)21(18,19)17-12(2)6-8-14-4-3-9-20-14/h3-5,7,9-10,12,17H,6,8H2,1-2H3/t12-/m1/s1. The van der Waals surface area contributed by atoms with Gasteiger partial charge in [0.15, 0.2) is 0 Å². The Morgan fingerprint density at radius 2 is 2.10 bits per heavy atom. The zero-order valence-corrected chi connectivity index (χ0v) is 14.4. The van der Waals surface area contributed by atoms with Crippen molar-refractivity contribution in [3.63, 3.8) is 0 Å². The van der Waals surface area contributed by atoms with Crippen LogP contribution in [-0.4, -0.2) is 14.5 Å². The predicted octanol–water partition coefficient (Wildman–Crippen LogP) is 3.65. The monoisotopic (exact) mass is 371 g/mol. The Balaban J connectivity index is 2.04. The van der Waals surface area contributed by atoms with E-state index in [4.69, 9.17) is 4.42 Å². The van der Waals surface area contributed by atoms with Crippen LogP contribution in [0.1, 0.15) is 24.7 Å². The van der Waals surface area contributed by atoms with E-state index >= 15 is 0 Å². The van der Waals surface area contributed by atoms with Gasteiger partial charge in [0.1, 0.15) is 5.76 Å². The van der Waals surface area contributed by atoms with E-state index in [1.165, 1.54) is 0 Å². The molecule has 1 aromatic heterocycles. The van der Waals surface area contributed by atoms with Gasteiger partial charge in [0, 0.05) is 16.9 Å². The van der Waals surface area contributed by atoms with Gasteiger partial charge in [-0.25, -0.2) is 13.1 Å². The summed E-state index contributed by atoms with van der Waals surface area (Å²) in [6.45, 7) is 3.64. The summed E-state index contributed by atoms with van der Waals surface area (Å²) in [7, 11) is -3.51. The molecule has 1 heterocycles. The van der Waals surface area contributed by atoms with Crippen molar-refractivity contribution in [1.29, 1.82) is 0 Å². The molecule has 0 amide bonds. The van der Waals surface area contributed by atoms with Gasteiger partial charge in [0.2, 0.25) is 10.0 Å². The van der Waals surface area contributed by atoms with E-state index in [1.54, 1.807) is 25.3 Å². The zero-order chi connectivity index (χ0) is 15.5. The van der Waals surface area contributed by atoms with Crippen molar-refractivity contribution in [2.24, 2.45) is 0 Å². The summed E-state index contributed by atoms with van der Waals surface area (Å²) in [5.74, 6) is 0.861. The number of sulfonamides is 1. The van der Waals surface area contributed by atoms with E-state index in [2.05, 4.69) is 20.7 Å². The van der Waals surface area contributed by atoms with Crippen LogP contribution in [0.15, 0.2) is 50.4 Å². The molecule has 0 bridgehead atoms. The van der Waals surface area contributed by atoms with Gasteiger partial charge in [-0.3, -0.25) is 0 Å². The normalized spacial score (nSPS) is 13.3. The van der Waals surface area contributed by atoms with Gasteiger partial charge < -0.3 is 4.42 Å². The third kappa shape index (κ3) is 4.43. The lowest BCUT2D eigenvalue weighted by Gasteiger charge is -2.15. The Kier molecular flexibility index (Phi) is 5.24. The van der Waals surface area contributed by atoms with E-state index < -0.39 is 10.0 Å². The summed E-state index contributed by atoms with van der Waals surface area (Å²) in [6, 6.07) is 8.78. The molecule has 114 valence electrons. The van der Waals surface area contributed by atoms with Gasteiger partial charge in [-0.1, -0.05) is 22.0 Å². The SMILES string of the molecule is Cc1ccc(Br)cc1S(=O)(=O)N[C@H](C)CCc1ccco1. The van der Waals surface area contributed by atoms with Crippen LogP contribution in [0, 0.1) is 6.92 Å². The van der Waals surface area contributed by atoms with Crippen molar-refractivity contribution in [1.82, 2.24) is 4.72 Å². The first-order chi connectivity index (χ1) is 9.88. The number of hydrogen-bond acceptors (Lipinski definition) is 3. The van der Waals surface area contributed by atoms with Gasteiger partial charge in [0.05, 0.1) is 11.2 Å². The van der Waals surface area contributed by atoms with Crippen LogP contribution in [0.3, 0.4) is 0 Å². The molecule has 0 saturated carbocycles. The van der Waals surface area contributed by atoms with Crippen molar-refractivity contribution < 1.29 is 12.8 Å². The molecule has 2 aromatic rings. The summed E-state index contributed by atoms with van der Waals surface area (Å²) in [5.41, 5.74) is 0.726. The molecular weight excluding hydrogens is 354 g/mol. The highest BCUT2D eigenvalue weighted by molar-refractivity contribution is 9.10. The smallest absolute Gasteiger partial charge is 0.241 e. The molecule has 0 aliphatic heterocycles. The van der Waals surface area contributed by atoms with E-state index in [1.807, 2.05) is 25.1 Å². The molecule has 0 radical (unpaired) electrons. The Bertz CT molecular complexity index is 696. The molecule has 4 nitrogen and oxygen atoms in total.